The van der Waals surface area contributed by atoms with Gasteiger partial charge >= 0.3 is 0 Å². The molecule has 120 valence electrons. The predicted molar refractivity (Wildman–Crippen MR) is 95.8 cm³/mol. The number of hydrogen-bond acceptors (Lipinski definition) is 4. The number of hydrazone groups is 1. The molecule has 0 heterocycles. The number of carbonyl (C=O) groups is 1. The van der Waals surface area contributed by atoms with Crippen molar-refractivity contribution in [3.63, 3.8) is 0 Å². The van der Waals surface area contributed by atoms with Crippen LogP contribution in [0, 0.1) is 0 Å². The van der Waals surface area contributed by atoms with E-state index in [0.717, 1.165) is 14.5 Å². The van der Waals surface area contributed by atoms with Gasteiger partial charge in [0.25, 0.3) is 5.91 Å². The smallest absolute Gasteiger partial charge is 0.277 e. The number of phenolic OH excluding ortho intramolecular Hbond substituents is 1. The summed E-state index contributed by atoms with van der Waals surface area (Å²) in [4.78, 5) is 11.8. The minimum Gasteiger partial charge on any atom is -0.508 e. The summed E-state index contributed by atoms with van der Waals surface area (Å²) in [6.45, 7) is 1.62. The Morgan fingerprint density at radius 1 is 1.22 bits per heavy atom. The van der Waals surface area contributed by atoms with E-state index in [2.05, 4.69) is 42.4 Å². The first-order chi connectivity index (χ1) is 11.0. The quantitative estimate of drug-likeness (QED) is 0.547. The normalized spacial score (nSPS) is 11.2. The molecule has 7 heteroatoms. The lowest BCUT2D eigenvalue weighted by Gasteiger charge is -2.08. The zero-order valence-electron chi connectivity index (χ0n) is 12.2. The fourth-order valence-corrected chi connectivity index (χ4v) is 2.84. The third-order valence-corrected chi connectivity index (χ3v) is 4.00. The van der Waals surface area contributed by atoms with Crippen LogP contribution in [-0.4, -0.2) is 23.3 Å². The Bertz CT molecular complexity index is 731. The number of nitrogens with zero attached hydrogens (tertiary/aromatic N) is 1. The summed E-state index contributed by atoms with van der Waals surface area (Å²) in [5, 5.41) is 13.3. The molecule has 0 bridgehead atoms. The number of nitrogens with one attached hydrogen (secondary N) is 1. The molecule has 0 radical (unpaired) electrons. The van der Waals surface area contributed by atoms with Crippen LogP contribution in [0.5, 0.6) is 11.5 Å². The van der Waals surface area contributed by atoms with Crippen molar-refractivity contribution >= 4 is 43.5 Å². The fourth-order valence-electron chi connectivity index (χ4n) is 1.68. The van der Waals surface area contributed by atoms with Crippen molar-refractivity contribution in [2.24, 2.45) is 5.10 Å². The first-order valence-electron chi connectivity index (χ1n) is 6.66. The van der Waals surface area contributed by atoms with Gasteiger partial charge in [-0.05, 0) is 70.9 Å². The van der Waals surface area contributed by atoms with E-state index >= 15 is 0 Å². The maximum absolute atomic E-state index is 11.8. The molecular formula is C16H14Br2N2O3. The average Bonchev–Trinajstić information content (AvgIpc) is 2.52. The van der Waals surface area contributed by atoms with E-state index in [4.69, 9.17) is 4.74 Å². The number of carbonyl (C=O) groups excluding carboxylic acids is 1. The molecule has 0 aliphatic rings. The molecule has 0 unspecified atom stereocenters. The molecule has 23 heavy (non-hydrogen) atoms. The summed E-state index contributed by atoms with van der Waals surface area (Å²) < 4.78 is 7.09. The van der Waals surface area contributed by atoms with Crippen LogP contribution in [0.1, 0.15) is 12.5 Å². The topological polar surface area (TPSA) is 70.9 Å². The zero-order chi connectivity index (χ0) is 16.8. The van der Waals surface area contributed by atoms with Crippen molar-refractivity contribution in [3.8, 4) is 11.5 Å². The average molecular weight is 442 g/mol. The van der Waals surface area contributed by atoms with Crippen molar-refractivity contribution in [1.29, 1.82) is 0 Å². The Morgan fingerprint density at radius 2 is 1.91 bits per heavy atom. The Morgan fingerprint density at radius 3 is 2.57 bits per heavy atom. The molecule has 5 nitrogen and oxygen atoms in total. The molecule has 0 aliphatic carbocycles. The van der Waals surface area contributed by atoms with Crippen LogP contribution in [-0.2, 0) is 4.79 Å². The van der Waals surface area contributed by atoms with Crippen LogP contribution in [0.15, 0.2) is 56.5 Å². The highest BCUT2D eigenvalue weighted by atomic mass is 79.9. The Labute approximate surface area is 150 Å². The highest BCUT2D eigenvalue weighted by Gasteiger charge is 2.06. The van der Waals surface area contributed by atoms with Crippen molar-refractivity contribution in [2.45, 2.75) is 6.92 Å². The molecule has 0 aliphatic heterocycles. The maximum atomic E-state index is 11.8. The zero-order valence-corrected chi connectivity index (χ0v) is 15.4. The van der Waals surface area contributed by atoms with Gasteiger partial charge < -0.3 is 9.84 Å². The van der Waals surface area contributed by atoms with Gasteiger partial charge in [0.15, 0.2) is 6.61 Å². The lowest BCUT2D eigenvalue weighted by Crippen LogP contribution is -2.25. The van der Waals surface area contributed by atoms with Gasteiger partial charge in [-0.25, -0.2) is 5.43 Å². The van der Waals surface area contributed by atoms with Crippen LogP contribution in [0.4, 0.5) is 0 Å². The summed E-state index contributed by atoms with van der Waals surface area (Å²) in [5.74, 6) is 0.389. The second-order valence-corrected chi connectivity index (χ2v) is 6.41. The molecule has 2 N–H and O–H groups in total. The standard InChI is InChI=1S/C16H14Br2N2O3/c1-10(11-2-5-13(21)6-3-11)19-20-16(22)9-23-15-7-4-12(17)8-14(15)18/h2-8,21H,9H2,1H3,(H,20,22)/b19-10+. The number of hydrogen-bond donors (Lipinski definition) is 2. The molecule has 0 aromatic heterocycles. The molecule has 0 saturated carbocycles. The number of halogens is 2. The van der Waals surface area contributed by atoms with Crippen LogP contribution < -0.4 is 10.2 Å². The van der Waals surface area contributed by atoms with Crippen LogP contribution in [0.2, 0.25) is 0 Å². The van der Waals surface area contributed by atoms with Gasteiger partial charge in [-0.3, -0.25) is 4.79 Å². The summed E-state index contributed by atoms with van der Waals surface area (Å²) in [6.07, 6.45) is 0. The number of phenols is 1. The second kappa shape index (κ2) is 8.12. The second-order valence-electron chi connectivity index (χ2n) is 4.64. The predicted octanol–water partition coefficient (Wildman–Crippen LogP) is 3.84. The van der Waals surface area contributed by atoms with E-state index in [1.165, 1.54) is 0 Å². The third kappa shape index (κ3) is 5.37. The lowest BCUT2D eigenvalue weighted by molar-refractivity contribution is -0.123. The molecule has 0 atom stereocenters. The minimum atomic E-state index is -0.363. The SMILES string of the molecule is C/C(=N\NC(=O)COc1ccc(Br)cc1Br)c1ccc(O)cc1. The van der Waals surface area contributed by atoms with E-state index in [9.17, 15) is 9.90 Å². The summed E-state index contributed by atoms with van der Waals surface area (Å²) in [5.41, 5.74) is 3.87. The molecule has 0 spiro atoms. The number of rotatable bonds is 5. The molecule has 1 amide bonds. The number of amides is 1. The molecular weight excluding hydrogens is 428 g/mol. The van der Waals surface area contributed by atoms with Gasteiger partial charge in [-0.15, -0.1) is 0 Å². The van der Waals surface area contributed by atoms with Crippen molar-refractivity contribution in [3.05, 3.63) is 57.0 Å². The van der Waals surface area contributed by atoms with Crippen LogP contribution in [0.25, 0.3) is 0 Å². The van der Waals surface area contributed by atoms with Crippen molar-refractivity contribution < 1.29 is 14.6 Å². The molecule has 0 fully saturated rings. The van der Waals surface area contributed by atoms with Crippen molar-refractivity contribution in [2.75, 3.05) is 6.61 Å². The van der Waals surface area contributed by atoms with Gasteiger partial charge in [-0.1, -0.05) is 15.9 Å². The van der Waals surface area contributed by atoms with E-state index in [0.29, 0.717) is 11.5 Å². The highest BCUT2D eigenvalue weighted by molar-refractivity contribution is 9.11. The number of ether oxygens (including phenoxy) is 1. The van der Waals surface area contributed by atoms with Gasteiger partial charge in [0.05, 0.1) is 10.2 Å². The Kier molecular flexibility index (Phi) is 6.18. The number of benzene rings is 2. The lowest BCUT2D eigenvalue weighted by atomic mass is 10.1. The highest BCUT2D eigenvalue weighted by Crippen LogP contribution is 2.28. The molecule has 2 aromatic carbocycles. The minimum absolute atomic E-state index is 0.146. The third-order valence-electron chi connectivity index (χ3n) is 2.89. The maximum Gasteiger partial charge on any atom is 0.277 e. The van der Waals surface area contributed by atoms with Gasteiger partial charge in [0.2, 0.25) is 0 Å². The van der Waals surface area contributed by atoms with Crippen molar-refractivity contribution in [1.82, 2.24) is 5.43 Å². The monoisotopic (exact) mass is 440 g/mol. The largest absolute Gasteiger partial charge is 0.508 e. The Balaban J connectivity index is 1.89. The van der Waals surface area contributed by atoms with Gasteiger partial charge in [-0.2, -0.15) is 5.10 Å². The Hall–Kier alpha value is -1.86. The fraction of sp³-hybridized carbons (Fsp3) is 0.125. The summed E-state index contributed by atoms with van der Waals surface area (Å²) in [6, 6.07) is 12.0. The van der Waals surface area contributed by atoms with E-state index in [-0.39, 0.29) is 18.3 Å². The number of aromatic hydroxyl groups is 1. The summed E-state index contributed by atoms with van der Waals surface area (Å²) >= 11 is 6.71. The van der Waals surface area contributed by atoms with Gasteiger partial charge in [0.1, 0.15) is 11.5 Å². The molecule has 2 rings (SSSR count). The van der Waals surface area contributed by atoms with Crippen LogP contribution >= 0.6 is 31.9 Å². The summed E-state index contributed by atoms with van der Waals surface area (Å²) in [7, 11) is 0. The van der Waals surface area contributed by atoms with Crippen LogP contribution in [0.3, 0.4) is 0 Å². The van der Waals surface area contributed by atoms with E-state index in [1.54, 1.807) is 37.3 Å². The van der Waals surface area contributed by atoms with E-state index in [1.807, 2.05) is 12.1 Å². The molecule has 0 saturated heterocycles. The molecule has 2 aromatic rings. The van der Waals surface area contributed by atoms with E-state index < -0.39 is 0 Å². The first kappa shape index (κ1) is 17.5. The van der Waals surface area contributed by atoms with Gasteiger partial charge in [0, 0.05) is 4.47 Å². The first-order valence-corrected chi connectivity index (χ1v) is 8.24.